The van der Waals surface area contributed by atoms with Gasteiger partial charge in [-0.25, -0.2) is 13.2 Å². The third kappa shape index (κ3) is 2.68. The molecule has 0 unspecified atom stereocenters. The molecule has 0 amide bonds. The molecule has 17 heavy (non-hydrogen) atoms. The van der Waals surface area contributed by atoms with Gasteiger partial charge < -0.3 is 15.9 Å². The van der Waals surface area contributed by atoms with Crippen molar-refractivity contribution in [1.82, 2.24) is 0 Å². The lowest BCUT2D eigenvalue weighted by Gasteiger charge is -2.21. The molecule has 0 bridgehead atoms. The summed E-state index contributed by atoms with van der Waals surface area (Å²) in [4.78, 5) is 10.7. The lowest BCUT2D eigenvalue weighted by molar-refractivity contribution is -0.143. The minimum Gasteiger partial charge on any atom is -0.505 e. The van der Waals surface area contributed by atoms with Crippen molar-refractivity contribution in [3.05, 3.63) is 29.3 Å². The number of aliphatic carboxylic acids is 1. The zero-order valence-electron chi connectivity index (χ0n) is 8.58. The van der Waals surface area contributed by atoms with Gasteiger partial charge in [-0.3, -0.25) is 4.79 Å². The maximum absolute atomic E-state index is 13.3. The second-order valence-corrected chi connectivity index (χ2v) is 3.67. The number of nitrogens with two attached hydrogens (primary N) is 1. The van der Waals surface area contributed by atoms with E-state index in [1.165, 1.54) is 0 Å². The smallest absolute Gasteiger partial charge is 0.326 e. The van der Waals surface area contributed by atoms with E-state index in [9.17, 15) is 18.0 Å². The van der Waals surface area contributed by atoms with Crippen molar-refractivity contribution in [1.29, 1.82) is 0 Å². The van der Waals surface area contributed by atoms with Crippen LogP contribution in [0.5, 0.6) is 5.75 Å². The number of hydrogen-bond acceptors (Lipinski definition) is 3. The van der Waals surface area contributed by atoms with Crippen LogP contribution in [0, 0.1) is 11.6 Å². The fraction of sp³-hybridized carbons (Fsp3) is 0.300. The number of halogens is 3. The highest BCUT2D eigenvalue weighted by molar-refractivity contribution is 5.79. The Morgan fingerprint density at radius 3 is 2.41 bits per heavy atom. The summed E-state index contributed by atoms with van der Waals surface area (Å²) in [5.74, 6) is -4.75. The maximum atomic E-state index is 13.3. The third-order valence-corrected chi connectivity index (χ3v) is 2.29. The van der Waals surface area contributed by atoms with Crippen LogP contribution in [0.3, 0.4) is 0 Å². The average Bonchev–Trinajstić information content (AvgIpc) is 2.25. The third-order valence-electron chi connectivity index (χ3n) is 2.29. The largest absolute Gasteiger partial charge is 0.505 e. The van der Waals surface area contributed by atoms with Crippen LogP contribution < -0.4 is 5.73 Å². The topological polar surface area (TPSA) is 83.5 Å². The van der Waals surface area contributed by atoms with E-state index in [0.29, 0.717) is 12.1 Å². The minimum absolute atomic E-state index is 0.414. The van der Waals surface area contributed by atoms with Crippen LogP contribution >= 0.6 is 0 Å². The zero-order chi connectivity index (χ0) is 13.2. The molecule has 0 aliphatic heterocycles. The first kappa shape index (κ1) is 13.3. The van der Waals surface area contributed by atoms with E-state index in [4.69, 9.17) is 15.9 Å². The van der Waals surface area contributed by atoms with E-state index < -0.39 is 47.6 Å². The molecule has 0 spiro atoms. The van der Waals surface area contributed by atoms with Gasteiger partial charge in [0.25, 0.3) is 0 Å². The van der Waals surface area contributed by atoms with Crippen molar-refractivity contribution in [2.45, 2.75) is 12.0 Å². The Kier molecular flexibility index (Phi) is 3.62. The van der Waals surface area contributed by atoms with E-state index in [-0.39, 0.29) is 0 Å². The Morgan fingerprint density at radius 2 is 1.94 bits per heavy atom. The van der Waals surface area contributed by atoms with E-state index >= 15 is 0 Å². The summed E-state index contributed by atoms with van der Waals surface area (Å²) in [5.41, 5.74) is 2.47. The van der Waals surface area contributed by atoms with Crippen LogP contribution in [-0.2, 0) is 11.2 Å². The monoisotopic (exact) mass is 249 g/mol. The number of carbonyl (C=O) groups is 1. The number of alkyl halides is 1. The van der Waals surface area contributed by atoms with Crippen molar-refractivity contribution >= 4 is 5.97 Å². The van der Waals surface area contributed by atoms with Gasteiger partial charge >= 0.3 is 5.97 Å². The molecule has 0 saturated heterocycles. The highest BCUT2D eigenvalue weighted by Crippen LogP contribution is 2.23. The Labute approximate surface area is 94.5 Å². The van der Waals surface area contributed by atoms with E-state index in [2.05, 4.69) is 0 Å². The molecular weight excluding hydrogens is 239 g/mol. The van der Waals surface area contributed by atoms with Crippen LogP contribution in [-0.4, -0.2) is 28.4 Å². The van der Waals surface area contributed by atoms with Crippen LogP contribution in [0.2, 0.25) is 0 Å². The summed E-state index contributed by atoms with van der Waals surface area (Å²) in [7, 11) is 0. The van der Waals surface area contributed by atoms with Gasteiger partial charge in [0.2, 0.25) is 0 Å². The first-order valence-electron chi connectivity index (χ1n) is 4.55. The molecule has 0 aliphatic carbocycles. The maximum Gasteiger partial charge on any atom is 0.326 e. The zero-order valence-corrected chi connectivity index (χ0v) is 8.58. The van der Waals surface area contributed by atoms with Crippen molar-refractivity contribution in [2.75, 3.05) is 6.67 Å². The van der Waals surface area contributed by atoms with Gasteiger partial charge in [-0.2, -0.15) is 0 Å². The SMILES string of the molecule is N[C@@](CF)(Cc1cc(F)c(O)cc1F)C(=O)O. The number of rotatable bonds is 4. The van der Waals surface area contributed by atoms with Crippen molar-refractivity contribution in [3.63, 3.8) is 0 Å². The molecule has 4 N–H and O–H groups in total. The molecule has 1 rings (SSSR count). The molecule has 4 nitrogen and oxygen atoms in total. The number of carboxylic acid groups (broad SMARTS) is 1. The predicted octanol–water partition coefficient (Wildman–Crippen LogP) is 0.964. The van der Waals surface area contributed by atoms with Gasteiger partial charge in [-0.15, -0.1) is 0 Å². The van der Waals surface area contributed by atoms with E-state index in [1.807, 2.05) is 0 Å². The van der Waals surface area contributed by atoms with Crippen LogP contribution in [0.1, 0.15) is 5.56 Å². The highest BCUT2D eigenvalue weighted by atomic mass is 19.1. The normalized spacial score (nSPS) is 14.4. The Bertz CT molecular complexity index is 453. The van der Waals surface area contributed by atoms with E-state index in [1.54, 1.807) is 0 Å². The molecule has 0 aromatic heterocycles. The molecule has 0 radical (unpaired) electrons. The molecule has 0 saturated carbocycles. The number of hydrogen-bond donors (Lipinski definition) is 3. The summed E-state index contributed by atoms with van der Waals surface area (Å²) < 4.78 is 38.7. The van der Waals surface area contributed by atoms with Crippen molar-refractivity contribution in [2.24, 2.45) is 5.73 Å². The molecule has 0 aliphatic rings. The number of phenols is 1. The van der Waals surface area contributed by atoms with Crippen LogP contribution in [0.15, 0.2) is 12.1 Å². The number of phenolic OH excluding ortho intramolecular Hbond substituents is 1. The standard InChI is InChI=1S/C10H10F3NO3/c11-4-10(14,9(16)17)3-5-1-7(13)8(15)2-6(5)12/h1-2,15H,3-4,14H2,(H,16,17)/t10-/m1/s1. The summed E-state index contributed by atoms with van der Waals surface area (Å²) in [5, 5.41) is 17.5. The number of carboxylic acids is 1. The van der Waals surface area contributed by atoms with Crippen LogP contribution in [0.25, 0.3) is 0 Å². The molecule has 1 atom stereocenters. The summed E-state index contributed by atoms with van der Waals surface area (Å²) in [6, 6.07) is 1.07. The highest BCUT2D eigenvalue weighted by Gasteiger charge is 2.35. The van der Waals surface area contributed by atoms with Gasteiger partial charge in [-0.1, -0.05) is 0 Å². The van der Waals surface area contributed by atoms with E-state index in [0.717, 1.165) is 0 Å². The number of aromatic hydroxyl groups is 1. The second kappa shape index (κ2) is 4.62. The minimum atomic E-state index is -2.32. The fourth-order valence-electron chi connectivity index (χ4n) is 1.23. The Hall–Kier alpha value is -1.76. The van der Waals surface area contributed by atoms with Gasteiger partial charge in [0, 0.05) is 12.5 Å². The first-order chi connectivity index (χ1) is 7.80. The molecule has 0 heterocycles. The average molecular weight is 249 g/mol. The summed E-state index contributed by atoms with van der Waals surface area (Å²) in [6.07, 6.45) is -0.720. The summed E-state index contributed by atoms with van der Waals surface area (Å²) in [6.45, 7) is -1.43. The lowest BCUT2D eigenvalue weighted by Crippen LogP contribution is -2.52. The molecule has 0 fully saturated rings. The second-order valence-electron chi connectivity index (χ2n) is 3.67. The Morgan fingerprint density at radius 1 is 1.35 bits per heavy atom. The van der Waals surface area contributed by atoms with Gasteiger partial charge in [0.15, 0.2) is 11.6 Å². The Balaban J connectivity index is 3.10. The molecule has 94 valence electrons. The quantitative estimate of drug-likeness (QED) is 0.742. The molecule has 7 heteroatoms. The van der Waals surface area contributed by atoms with Gasteiger partial charge in [-0.05, 0) is 11.6 Å². The predicted molar refractivity (Wildman–Crippen MR) is 52.3 cm³/mol. The van der Waals surface area contributed by atoms with Gasteiger partial charge in [0.1, 0.15) is 18.0 Å². The summed E-state index contributed by atoms with van der Waals surface area (Å²) >= 11 is 0. The van der Waals surface area contributed by atoms with Crippen LogP contribution in [0.4, 0.5) is 13.2 Å². The first-order valence-corrected chi connectivity index (χ1v) is 4.55. The van der Waals surface area contributed by atoms with Crippen molar-refractivity contribution < 1.29 is 28.2 Å². The molecular formula is C10H10F3NO3. The molecule has 1 aromatic carbocycles. The number of benzene rings is 1. The lowest BCUT2D eigenvalue weighted by atomic mass is 9.93. The molecule has 1 aromatic rings. The van der Waals surface area contributed by atoms with Crippen molar-refractivity contribution in [3.8, 4) is 5.75 Å². The fourth-order valence-corrected chi connectivity index (χ4v) is 1.23. The van der Waals surface area contributed by atoms with Gasteiger partial charge in [0.05, 0.1) is 0 Å².